The van der Waals surface area contributed by atoms with Gasteiger partial charge in [0, 0.05) is 13.0 Å². The summed E-state index contributed by atoms with van der Waals surface area (Å²) in [5, 5.41) is 24.3. The number of rotatable bonds is 19. The Balaban J connectivity index is 1.62. The molecular formula is C29H50N2O3. The van der Waals surface area contributed by atoms with Crippen molar-refractivity contribution in [2.45, 2.75) is 121 Å². The molecule has 1 fully saturated rings. The van der Waals surface area contributed by atoms with E-state index in [0.717, 1.165) is 31.5 Å². The van der Waals surface area contributed by atoms with E-state index in [4.69, 9.17) is 0 Å². The van der Waals surface area contributed by atoms with Crippen molar-refractivity contribution < 1.29 is 15.0 Å². The number of hydrogen-bond donors (Lipinski definition) is 3. The molecule has 1 heterocycles. The van der Waals surface area contributed by atoms with E-state index in [1.165, 1.54) is 70.6 Å². The van der Waals surface area contributed by atoms with Gasteiger partial charge in [0.1, 0.15) is 6.10 Å². The maximum absolute atomic E-state index is 12.7. The van der Waals surface area contributed by atoms with Gasteiger partial charge < -0.3 is 20.4 Å². The third-order valence-corrected chi connectivity index (χ3v) is 7.12. The molecule has 194 valence electrons. The fourth-order valence-electron chi connectivity index (χ4n) is 4.94. The number of unbranched alkanes of at least 4 members (excludes halogenated alkanes) is 9. The summed E-state index contributed by atoms with van der Waals surface area (Å²) in [4.78, 5) is 15.0. The summed E-state index contributed by atoms with van der Waals surface area (Å²) in [6, 6.07) is 9.23. The van der Waals surface area contributed by atoms with Gasteiger partial charge in [-0.25, -0.2) is 0 Å². The largest absolute Gasteiger partial charge is 0.393 e. The number of amides is 1. The van der Waals surface area contributed by atoms with Crippen molar-refractivity contribution in [3.8, 4) is 0 Å². The number of benzene rings is 1. The molecule has 1 saturated heterocycles. The van der Waals surface area contributed by atoms with Crippen LogP contribution in [0.2, 0.25) is 0 Å². The van der Waals surface area contributed by atoms with Crippen molar-refractivity contribution in [3.63, 3.8) is 0 Å². The van der Waals surface area contributed by atoms with Crippen LogP contribution >= 0.6 is 0 Å². The predicted octanol–water partition coefficient (Wildman–Crippen LogP) is 5.75. The molecule has 1 aliphatic heterocycles. The van der Waals surface area contributed by atoms with Crippen LogP contribution in [0.15, 0.2) is 30.3 Å². The number of nitrogens with zero attached hydrogens (tertiary/aromatic N) is 1. The van der Waals surface area contributed by atoms with Crippen molar-refractivity contribution in [2.24, 2.45) is 0 Å². The van der Waals surface area contributed by atoms with Gasteiger partial charge in [-0.1, -0.05) is 101 Å². The lowest BCUT2D eigenvalue weighted by Crippen LogP contribution is -2.46. The normalized spacial score (nSPS) is 16.9. The Morgan fingerprint density at radius 2 is 1.47 bits per heavy atom. The number of likely N-dealkylation sites (tertiary alicyclic amines) is 1. The van der Waals surface area contributed by atoms with E-state index < -0.39 is 12.2 Å². The Kier molecular flexibility index (Phi) is 15.2. The van der Waals surface area contributed by atoms with Gasteiger partial charge in [0.2, 0.25) is 5.91 Å². The minimum absolute atomic E-state index is 0.0821. The second-order valence-electron chi connectivity index (χ2n) is 10.2. The molecule has 3 N–H and O–H groups in total. The quantitative estimate of drug-likeness (QED) is 0.223. The topological polar surface area (TPSA) is 72.8 Å². The highest BCUT2D eigenvalue weighted by Gasteiger charge is 2.26. The first-order chi connectivity index (χ1) is 16.6. The van der Waals surface area contributed by atoms with Gasteiger partial charge in [0.25, 0.3) is 0 Å². The SMILES string of the molecule is CCCCCCCCCCCCC(O)CCC(=O)NC(CN1CCCC1)C(O)c1ccccc1. The molecule has 1 amide bonds. The van der Waals surface area contributed by atoms with Crippen molar-refractivity contribution in [1.29, 1.82) is 0 Å². The molecule has 0 spiro atoms. The van der Waals surface area contributed by atoms with Crippen LogP contribution in [-0.4, -0.2) is 52.8 Å². The zero-order chi connectivity index (χ0) is 24.4. The molecule has 1 aliphatic rings. The van der Waals surface area contributed by atoms with Crippen molar-refractivity contribution in [2.75, 3.05) is 19.6 Å². The highest BCUT2D eigenvalue weighted by Crippen LogP contribution is 2.20. The van der Waals surface area contributed by atoms with Crippen LogP contribution in [0, 0.1) is 0 Å². The van der Waals surface area contributed by atoms with Gasteiger partial charge in [-0.3, -0.25) is 4.79 Å². The van der Waals surface area contributed by atoms with E-state index in [0.29, 0.717) is 19.4 Å². The van der Waals surface area contributed by atoms with Gasteiger partial charge in [-0.05, 0) is 44.3 Å². The van der Waals surface area contributed by atoms with Gasteiger partial charge in [-0.2, -0.15) is 0 Å². The number of aliphatic hydroxyl groups excluding tert-OH is 2. The van der Waals surface area contributed by atoms with Crippen LogP contribution in [0.4, 0.5) is 0 Å². The number of hydrogen-bond acceptors (Lipinski definition) is 4. The molecule has 34 heavy (non-hydrogen) atoms. The van der Waals surface area contributed by atoms with Crippen LogP contribution in [0.3, 0.4) is 0 Å². The molecule has 0 radical (unpaired) electrons. The zero-order valence-corrected chi connectivity index (χ0v) is 21.6. The monoisotopic (exact) mass is 474 g/mol. The summed E-state index contributed by atoms with van der Waals surface area (Å²) >= 11 is 0. The lowest BCUT2D eigenvalue weighted by molar-refractivity contribution is -0.123. The first kappa shape index (κ1) is 28.8. The molecular weight excluding hydrogens is 424 g/mol. The predicted molar refractivity (Wildman–Crippen MR) is 141 cm³/mol. The van der Waals surface area contributed by atoms with E-state index in [-0.39, 0.29) is 11.9 Å². The van der Waals surface area contributed by atoms with Gasteiger partial charge in [-0.15, -0.1) is 0 Å². The summed E-state index contributed by atoms with van der Waals surface area (Å²) in [5.74, 6) is -0.0821. The number of nitrogens with one attached hydrogen (secondary N) is 1. The van der Waals surface area contributed by atoms with Gasteiger partial charge >= 0.3 is 0 Å². The lowest BCUT2D eigenvalue weighted by Gasteiger charge is -2.29. The van der Waals surface area contributed by atoms with Gasteiger partial charge in [0.05, 0.1) is 12.1 Å². The first-order valence-electron chi connectivity index (χ1n) is 14.0. The second-order valence-corrected chi connectivity index (χ2v) is 10.2. The Hall–Kier alpha value is -1.43. The summed E-state index contributed by atoms with van der Waals surface area (Å²) in [5.41, 5.74) is 0.827. The number of carbonyl (C=O) groups excluding carboxylic acids is 1. The molecule has 3 unspecified atom stereocenters. The molecule has 0 aliphatic carbocycles. The summed E-state index contributed by atoms with van der Waals surface area (Å²) in [6.07, 6.45) is 15.6. The first-order valence-corrected chi connectivity index (χ1v) is 14.0. The van der Waals surface area contributed by atoms with Crippen LogP contribution in [-0.2, 0) is 4.79 Å². The summed E-state index contributed by atoms with van der Waals surface area (Å²) in [7, 11) is 0. The summed E-state index contributed by atoms with van der Waals surface area (Å²) in [6.45, 7) is 4.95. The third kappa shape index (κ3) is 12.3. The molecule has 1 aromatic carbocycles. The Morgan fingerprint density at radius 3 is 2.09 bits per heavy atom. The molecule has 0 bridgehead atoms. The van der Waals surface area contributed by atoms with Crippen LogP contribution in [0.1, 0.15) is 115 Å². The summed E-state index contributed by atoms with van der Waals surface area (Å²) < 4.78 is 0. The lowest BCUT2D eigenvalue weighted by atomic mass is 10.0. The maximum atomic E-state index is 12.7. The Morgan fingerprint density at radius 1 is 0.882 bits per heavy atom. The van der Waals surface area contributed by atoms with Crippen molar-refractivity contribution in [1.82, 2.24) is 10.2 Å². The molecule has 1 aromatic rings. The standard InChI is InChI=1S/C29H50N2O3/c1-2-3-4-5-6-7-8-9-10-14-19-26(32)20-21-28(33)30-27(24-31-22-15-16-23-31)29(34)25-17-12-11-13-18-25/h11-13,17-18,26-27,29,32,34H,2-10,14-16,19-24H2,1H3,(H,30,33). The van der Waals surface area contributed by atoms with E-state index in [9.17, 15) is 15.0 Å². The molecule has 2 rings (SSSR count). The Labute approximate surface area is 208 Å². The molecule has 0 aromatic heterocycles. The van der Waals surface area contributed by atoms with Crippen molar-refractivity contribution >= 4 is 5.91 Å². The molecule has 3 atom stereocenters. The second kappa shape index (κ2) is 17.9. The maximum Gasteiger partial charge on any atom is 0.220 e. The smallest absolute Gasteiger partial charge is 0.220 e. The van der Waals surface area contributed by atoms with E-state index >= 15 is 0 Å². The van der Waals surface area contributed by atoms with Crippen LogP contribution in [0.5, 0.6) is 0 Å². The zero-order valence-electron chi connectivity index (χ0n) is 21.6. The van der Waals surface area contributed by atoms with E-state index in [1.54, 1.807) is 0 Å². The third-order valence-electron chi connectivity index (χ3n) is 7.12. The van der Waals surface area contributed by atoms with E-state index in [2.05, 4.69) is 17.1 Å². The molecule has 0 saturated carbocycles. The van der Waals surface area contributed by atoms with Crippen LogP contribution < -0.4 is 5.32 Å². The van der Waals surface area contributed by atoms with Crippen molar-refractivity contribution in [3.05, 3.63) is 35.9 Å². The number of aliphatic hydroxyl groups is 2. The fourth-order valence-corrected chi connectivity index (χ4v) is 4.94. The van der Waals surface area contributed by atoms with Gasteiger partial charge in [0.15, 0.2) is 0 Å². The number of carbonyl (C=O) groups is 1. The average molecular weight is 475 g/mol. The van der Waals surface area contributed by atoms with Crippen LogP contribution in [0.25, 0.3) is 0 Å². The molecule has 5 heteroatoms. The highest BCUT2D eigenvalue weighted by atomic mass is 16.3. The van der Waals surface area contributed by atoms with E-state index in [1.807, 2.05) is 30.3 Å². The Bertz CT molecular complexity index is 634. The molecule has 5 nitrogen and oxygen atoms in total. The fraction of sp³-hybridized carbons (Fsp3) is 0.759. The average Bonchev–Trinajstić information content (AvgIpc) is 3.37. The minimum atomic E-state index is -0.734. The minimum Gasteiger partial charge on any atom is -0.393 e. The highest BCUT2D eigenvalue weighted by molar-refractivity contribution is 5.76.